The molecule has 7 heteroatoms. The second-order valence-electron chi connectivity index (χ2n) is 7.51. The summed E-state index contributed by atoms with van der Waals surface area (Å²) in [5, 5.41) is 14.3. The number of amides is 1. The molecule has 0 aliphatic carbocycles. The summed E-state index contributed by atoms with van der Waals surface area (Å²) >= 11 is 0. The van der Waals surface area contributed by atoms with Crippen molar-refractivity contribution in [3.05, 3.63) is 77.3 Å². The zero-order valence-corrected chi connectivity index (χ0v) is 16.8. The van der Waals surface area contributed by atoms with Crippen molar-refractivity contribution in [1.29, 1.82) is 0 Å². The molecule has 6 nitrogen and oxygen atoms in total. The Bertz CT molecular complexity index is 994. The lowest BCUT2D eigenvalue weighted by Gasteiger charge is -2.34. The molecule has 0 spiro atoms. The van der Waals surface area contributed by atoms with Gasteiger partial charge in [-0.15, -0.1) is 0 Å². The standard InChI is InChI=1S/C23H24FN3O3/c1-16(28)20-21(18-7-9-19(24)10-8-18)25-30-22(20)23(29)27-13-11-26(12-14-27)15-17-5-3-2-4-6-17/h2-10,16,28H,11-15H2,1H3/t16-/m0/s1. The Morgan fingerprint density at radius 1 is 1.10 bits per heavy atom. The number of carbonyl (C=O) groups excluding carboxylic acids is 1. The Balaban J connectivity index is 1.48. The minimum Gasteiger partial charge on any atom is -0.388 e. The predicted octanol–water partition coefficient (Wildman–Crippen LogP) is 3.49. The molecule has 1 saturated heterocycles. The van der Waals surface area contributed by atoms with E-state index in [9.17, 15) is 14.3 Å². The number of aliphatic hydroxyl groups is 1. The summed E-state index contributed by atoms with van der Waals surface area (Å²) in [6.07, 6.45) is -0.949. The number of rotatable bonds is 5. The number of hydrogen-bond donors (Lipinski definition) is 1. The average molecular weight is 409 g/mol. The van der Waals surface area contributed by atoms with E-state index in [0.29, 0.717) is 29.9 Å². The van der Waals surface area contributed by atoms with Crippen LogP contribution in [0.4, 0.5) is 4.39 Å². The number of carbonyl (C=O) groups is 1. The van der Waals surface area contributed by atoms with Gasteiger partial charge in [0.1, 0.15) is 11.5 Å². The van der Waals surface area contributed by atoms with Crippen molar-refractivity contribution in [2.45, 2.75) is 19.6 Å². The van der Waals surface area contributed by atoms with Crippen LogP contribution in [0.1, 0.15) is 34.7 Å². The SMILES string of the molecule is C[C@H](O)c1c(-c2ccc(F)cc2)noc1C(=O)N1CCN(Cc2ccccc2)CC1. The fourth-order valence-electron chi connectivity index (χ4n) is 3.75. The van der Waals surface area contributed by atoms with Crippen LogP contribution in [-0.2, 0) is 6.54 Å². The fourth-order valence-corrected chi connectivity index (χ4v) is 3.75. The van der Waals surface area contributed by atoms with Crippen LogP contribution in [-0.4, -0.2) is 52.1 Å². The van der Waals surface area contributed by atoms with E-state index in [4.69, 9.17) is 4.52 Å². The molecule has 2 aromatic carbocycles. The summed E-state index contributed by atoms with van der Waals surface area (Å²) in [6.45, 7) is 5.05. The minimum absolute atomic E-state index is 0.0424. The highest BCUT2D eigenvalue weighted by atomic mass is 19.1. The molecule has 1 aliphatic heterocycles. The Hall–Kier alpha value is -3.03. The van der Waals surface area contributed by atoms with Crippen molar-refractivity contribution < 1.29 is 18.8 Å². The fraction of sp³-hybridized carbons (Fsp3) is 0.304. The van der Waals surface area contributed by atoms with Crippen LogP contribution in [0.25, 0.3) is 11.3 Å². The third kappa shape index (κ3) is 4.27. The van der Waals surface area contributed by atoms with E-state index in [1.807, 2.05) is 18.2 Å². The second kappa shape index (κ2) is 8.77. The first-order chi connectivity index (χ1) is 14.5. The Kier molecular flexibility index (Phi) is 5.92. The van der Waals surface area contributed by atoms with Crippen LogP contribution in [0.3, 0.4) is 0 Å². The van der Waals surface area contributed by atoms with Gasteiger partial charge in [-0.25, -0.2) is 4.39 Å². The summed E-state index contributed by atoms with van der Waals surface area (Å²) in [4.78, 5) is 17.1. The van der Waals surface area contributed by atoms with Crippen LogP contribution in [0.5, 0.6) is 0 Å². The van der Waals surface area contributed by atoms with Gasteiger partial charge < -0.3 is 14.5 Å². The van der Waals surface area contributed by atoms with Crippen LogP contribution in [0, 0.1) is 5.82 Å². The number of aliphatic hydroxyl groups excluding tert-OH is 1. The van der Waals surface area contributed by atoms with Gasteiger partial charge in [0.2, 0.25) is 5.76 Å². The van der Waals surface area contributed by atoms with Crippen molar-refractivity contribution in [1.82, 2.24) is 15.0 Å². The molecule has 0 unspecified atom stereocenters. The van der Waals surface area contributed by atoms with E-state index < -0.39 is 6.10 Å². The summed E-state index contributed by atoms with van der Waals surface area (Å²) in [6, 6.07) is 16.0. The highest BCUT2D eigenvalue weighted by Crippen LogP contribution is 2.31. The lowest BCUT2D eigenvalue weighted by Crippen LogP contribution is -2.48. The molecule has 30 heavy (non-hydrogen) atoms. The third-order valence-electron chi connectivity index (χ3n) is 5.37. The van der Waals surface area contributed by atoms with E-state index in [1.54, 1.807) is 24.0 Å². The smallest absolute Gasteiger partial charge is 0.292 e. The van der Waals surface area contributed by atoms with Gasteiger partial charge in [-0.3, -0.25) is 9.69 Å². The van der Waals surface area contributed by atoms with Crippen molar-refractivity contribution >= 4 is 5.91 Å². The van der Waals surface area contributed by atoms with Gasteiger partial charge in [-0.2, -0.15) is 0 Å². The molecular weight excluding hydrogens is 385 g/mol. The molecule has 1 aromatic heterocycles. The van der Waals surface area contributed by atoms with Crippen molar-refractivity contribution in [2.75, 3.05) is 26.2 Å². The van der Waals surface area contributed by atoms with E-state index in [2.05, 4.69) is 22.2 Å². The molecule has 3 aromatic rings. The number of halogens is 1. The highest BCUT2D eigenvalue weighted by Gasteiger charge is 2.31. The normalized spacial score (nSPS) is 15.9. The van der Waals surface area contributed by atoms with Gasteiger partial charge in [0.15, 0.2) is 0 Å². The van der Waals surface area contributed by atoms with Gasteiger partial charge in [0.05, 0.1) is 11.7 Å². The molecular formula is C23H24FN3O3. The molecule has 156 valence electrons. The molecule has 0 bridgehead atoms. The summed E-state index contributed by atoms with van der Waals surface area (Å²) in [7, 11) is 0. The largest absolute Gasteiger partial charge is 0.388 e. The van der Waals surface area contributed by atoms with E-state index in [-0.39, 0.29) is 17.5 Å². The zero-order valence-electron chi connectivity index (χ0n) is 16.8. The summed E-state index contributed by atoms with van der Waals surface area (Å²) in [5.74, 6) is -0.613. The zero-order chi connectivity index (χ0) is 21.1. The lowest BCUT2D eigenvalue weighted by atomic mass is 10.0. The van der Waals surface area contributed by atoms with Gasteiger partial charge in [0.25, 0.3) is 5.91 Å². The molecule has 2 heterocycles. The van der Waals surface area contributed by atoms with Gasteiger partial charge >= 0.3 is 0 Å². The predicted molar refractivity (Wildman–Crippen MR) is 110 cm³/mol. The third-order valence-corrected chi connectivity index (χ3v) is 5.37. The lowest BCUT2D eigenvalue weighted by molar-refractivity contribution is 0.0581. The van der Waals surface area contributed by atoms with E-state index in [0.717, 1.165) is 19.6 Å². The number of hydrogen-bond acceptors (Lipinski definition) is 5. The van der Waals surface area contributed by atoms with Gasteiger partial charge in [-0.1, -0.05) is 35.5 Å². The first-order valence-corrected chi connectivity index (χ1v) is 10.0. The van der Waals surface area contributed by atoms with Crippen molar-refractivity contribution in [3.8, 4) is 11.3 Å². The monoisotopic (exact) mass is 409 g/mol. The molecule has 1 aliphatic rings. The Morgan fingerprint density at radius 3 is 2.40 bits per heavy atom. The van der Waals surface area contributed by atoms with Gasteiger partial charge in [-0.05, 0) is 36.8 Å². The van der Waals surface area contributed by atoms with Crippen LogP contribution in [0.15, 0.2) is 59.1 Å². The Labute approximate surface area is 174 Å². The van der Waals surface area contributed by atoms with Crippen LogP contribution >= 0.6 is 0 Å². The first-order valence-electron chi connectivity index (χ1n) is 10.0. The quantitative estimate of drug-likeness (QED) is 0.699. The number of piperazine rings is 1. The van der Waals surface area contributed by atoms with E-state index >= 15 is 0 Å². The highest BCUT2D eigenvalue weighted by molar-refractivity contribution is 5.94. The van der Waals surface area contributed by atoms with Crippen LogP contribution < -0.4 is 0 Å². The molecule has 1 fully saturated rings. The topological polar surface area (TPSA) is 69.8 Å². The maximum Gasteiger partial charge on any atom is 0.292 e. The summed E-state index contributed by atoms with van der Waals surface area (Å²) < 4.78 is 18.6. The minimum atomic E-state index is -0.949. The van der Waals surface area contributed by atoms with E-state index in [1.165, 1.54) is 17.7 Å². The molecule has 4 rings (SSSR count). The van der Waals surface area contributed by atoms with Gasteiger partial charge in [0, 0.05) is 38.3 Å². The molecule has 0 saturated carbocycles. The van der Waals surface area contributed by atoms with Crippen molar-refractivity contribution in [3.63, 3.8) is 0 Å². The second-order valence-corrected chi connectivity index (χ2v) is 7.51. The number of benzene rings is 2. The molecule has 1 atom stereocenters. The maximum absolute atomic E-state index is 13.2. The van der Waals surface area contributed by atoms with Crippen molar-refractivity contribution in [2.24, 2.45) is 0 Å². The molecule has 0 radical (unpaired) electrons. The summed E-state index contributed by atoms with van der Waals surface area (Å²) in [5.41, 5.74) is 2.52. The number of nitrogens with zero attached hydrogens (tertiary/aromatic N) is 3. The Morgan fingerprint density at radius 2 is 1.77 bits per heavy atom. The first kappa shape index (κ1) is 20.3. The number of aromatic nitrogens is 1. The average Bonchev–Trinajstić information content (AvgIpc) is 3.20. The maximum atomic E-state index is 13.2. The molecule has 1 amide bonds. The van der Waals surface area contributed by atoms with Crippen LogP contribution in [0.2, 0.25) is 0 Å². The molecule has 1 N–H and O–H groups in total.